The quantitative estimate of drug-likeness (QED) is 0.679. The Bertz CT molecular complexity index is 866. The molecular formula is C22H24N2O3. The van der Waals surface area contributed by atoms with Gasteiger partial charge in [0.05, 0.1) is 23.7 Å². The SMILES string of the molecule is Cc1noc(C)c1COc1ccc(CC(=O)NC(C)c2ccccc2)cc1. The maximum absolute atomic E-state index is 12.3. The number of amides is 1. The smallest absolute Gasteiger partial charge is 0.224 e. The van der Waals surface area contributed by atoms with Gasteiger partial charge in [-0.05, 0) is 44.0 Å². The molecule has 1 aromatic heterocycles. The largest absolute Gasteiger partial charge is 0.489 e. The van der Waals surface area contributed by atoms with Crippen LogP contribution in [-0.4, -0.2) is 11.1 Å². The average Bonchev–Trinajstić information content (AvgIpc) is 2.99. The molecule has 3 aromatic rings. The van der Waals surface area contributed by atoms with Gasteiger partial charge in [-0.3, -0.25) is 4.79 Å². The second kappa shape index (κ2) is 8.54. The number of benzene rings is 2. The van der Waals surface area contributed by atoms with Gasteiger partial charge in [-0.1, -0.05) is 47.6 Å². The van der Waals surface area contributed by atoms with Crippen LogP contribution in [0.5, 0.6) is 5.75 Å². The van der Waals surface area contributed by atoms with Crippen molar-refractivity contribution in [2.45, 2.75) is 39.8 Å². The van der Waals surface area contributed by atoms with Crippen molar-refractivity contribution in [1.29, 1.82) is 0 Å². The van der Waals surface area contributed by atoms with Crippen molar-refractivity contribution < 1.29 is 14.1 Å². The third-order valence-electron chi connectivity index (χ3n) is 4.53. The van der Waals surface area contributed by atoms with E-state index in [4.69, 9.17) is 9.26 Å². The number of hydrogen-bond acceptors (Lipinski definition) is 4. The van der Waals surface area contributed by atoms with Crippen molar-refractivity contribution in [1.82, 2.24) is 10.5 Å². The highest BCUT2D eigenvalue weighted by molar-refractivity contribution is 5.79. The topological polar surface area (TPSA) is 64.4 Å². The fourth-order valence-electron chi connectivity index (χ4n) is 2.87. The van der Waals surface area contributed by atoms with Crippen LogP contribution >= 0.6 is 0 Å². The summed E-state index contributed by atoms with van der Waals surface area (Å²) in [5.74, 6) is 1.51. The van der Waals surface area contributed by atoms with E-state index in [0.29, 0.717) is 13.0 Å². The Hall–Kier alpha value is -3.08. The molecule has 5 nitrogen and oxygen atoms in total. The summed E-state index contributed by atoms with van der Waals surface area (Å²) in [7, 11) is 0. The van der Waals surface area contributed by atoms with Gasteiger partial charge in [0.2, 0.25) is 5.91 Å². The van der Waals surface area contributed by atoms with Crippen LogP contribution in [0.15, 0.2) is 59.1 Å². The minimum absolute atomic E-state index is 0.00394. The highest BCUT2D eigenvalue weighted by atomic mass is 16.5. The number of aryl methyl sites for hydroxylation is 2. The molecule has 0 radical (unpaired) electrons. The molecule has 0 aliphatic carbocycles. The molecule has 0 spiro atoms. The van der Waals surface area contributed by atoms with Crippen LogP contribution in [0.1, 0.15) is 41.1 Å². The molecule has 1 heterocycles. The Labute approximate surface area is 159 Å². The third-order valence-corrected chi connectivity index (χ3v) is 4.53. The molecule has 2 aromatic carbocycles. The fourth-order valence-corrected chi connectivity index (χ4v) is 2.87. The predicted molar refractivity (Wildman–Crippen MR) is 103 cm³/mol. The summed E-state index contributed by atoms with van der Waals surface area (Å²) in [5.41, 5.74) is 3.84. The summed E-state index contributed by atoms with van der Waals surface area (Å²) in [6, 6.07) is 17.5. The first-order chi connectivity index (χ1) is 13.0. The number of carbonyl (C=O) groups excluding carboxylic acids is 1. The van der Waals surface area contributed by atoms with Crippen LogP contribution < -0.4 is 10.1 Å². The second-order valence-corrected chi connectivity index (χ2v) is 6.61. The molecule has 0 aliphatic rings. The van der Waals surface area contributed by atoms with Gasteiger partial charge in [-0.25, -0.2) is 0 Å². The minimum atomic E-state index is -0.0173. The first kappa shape index (κ1) is 18.7. The van der Waals surface area contributed by atoms with Gasteiger partial charge >= 0.3 is 0 Å². The average molecular weight is 364 g/mol. The lowest BCUT2D eigenvalue weighted by molar-refractivity contribution is -0.121. The summed E-state index contributed by atoms with van der Waals surface area (Å²) in [6.07, 6.45) is 0.335. The zero-order chi connectivity index (χ0) is 19.2. The molecule has 3 rings (SSSR count). The Balaban J connectivity index is 1.52. The third kappa shape index (κ3) is 4.97. The van der Waals surface area contributed by atoms with Gasteiger partial charge in [-0.15, -0.1) is 0 Å². The lowest BCUT2D eigenvalue weighted by Gasteiger charge is -2.14. The van der Waals surface area contributed by atoms with Crippen molar-refractivity contribution >= 4 is 5.91 Å². The van der Waals surface area contributed by atoms with E-state index in [9.17, 15) is 4.79 Å². The monoisotopic (exact) mass is 364 g/mol. The highest BCUT2D eigenvalue weighted by Crippen LogP contribution is 2.18. The first-order valence-corrected chi connectivity index (χ1v) is 9.00. The standard InChI is InChI=1S/C22H24N2O3/c1-15(19-7-5-4-6-8-19)23-22(25)13-18-9-11-20(12-10-18)26-14-21-16(2)24-27-17(21)3/h4-12,15H,13-14H2,1-3H3,(H,23,25). The number of nitrogens with zero attached hydrogens (tertiary/aromatic N) is 1. The zero-order valence-corrected chi connectivity index (χ0v) is 15.9. The van der Waals surface area contributed by atoms with E-state index >= 15 is 0 Å². The molecule has 1 N–H and O–H groups in total. The first-order valence-electron chi connectivity index (χ1n) is 9.00. The van der Waals surface area contributed by atoms with E-state index in [-0.39, 0.29) is 11.9 Å². The summed E-state index contributed by atoms with van der Waals surface area (Å²) in [6.45, 7) is 6.17. The molecule has 27 heavy (non-hydrogen) atoms. The Morgan fingerprint density at radius 2 is 1.81 bits per heavy atom. The molecule has 0 fully saturated rings. The van der Waals surface area contributed by atoms with E-state index in [1.165, 1.54) is 0 Å². The number of ether oxygens (including phenoxy) is 1. The number of nitrogens with one attached hydrogen (secondary N) is 1. The summed E-state index contributed by atoms with van der Waals surface area (Å²) in [5, 5.41) is 6.95. The fraction of sp³-hybridized carbons (Fsp3) is 0.273. The van der Waals surface area contributed by atoms with E-state index in [1.807, 2.05) is 75.4 Å². The Kier molecular flexibility index (Phi) is 5.91. The van der Waals surface area contributed by atoms with Crippen LogP contribution in [0.3, 0.4) is 0 Å². The summed E-state index contributed by atoms with van der Waals surface area (Å²) >= 11 is 0. The van der Waals surface area contributed by atoms with E-state index in [0.717, 1.165) is 33.9 Å². The summed E-state index contributed by atoms with van der Waals surface area (Å²) in [4.78, 5) is 12.3. The van der Waals surface area contributed by atoms with Crippen LogP contribution in [0, 0.1) is 13.8 Å². The number of aromatic nitrogens is 1. The molecular weight excluding hydrogens is 340 g/mol. The van der Waals surface area contributed by atoms with Crippen LogP contribution in [0.4, 0.5) is 0 Å². The van der Waals surface area contributed by atoms with Crippen molar-refractivity contribution in [3.05, 3.63) is 82.7 Å². The number of rotatable bonds is 7. The van der Waals surface area contributed by atoms with Crippen LogP contribution in [-0.2, 0) is 17.8 Å². The molecule has 5 heteroatoms. The van der Waals surface area contributed by atoms with E-state index in [2.05, 4.69) is 10.5 Å². The minimum Gasteiger partial charge on any atom is -0.489 e. The van der Waals surface area contributed by atoms with Crippen LogP contribution in [0.2, 0.25) is 0 Å². The van der Waals surface area contributed by atoms with E-state index < -0.39 is 0 Å². The molecule has 140 valence electrons. The molecule has 1 amide bonds. The zero-order valence-electron chi connectivity index (χ0n) is 15.9. The molecule has 0 saturated heterocycles. The van der Waals surface area contributed by atoms with E-state index in [1.54, 1.807) is 0 Å². The van der Waals surface area contributed by atoms with Gasteiger partial charge in [0.25, 0.3) is 0 Å². The van der Waals surface area contributed by atoms with Gasteiger partial charge in [0.1, 0.15) is 18.1 Å². The predicted octanol–water partition coefficient (Wildman–Crippen LogP) is 4.29. The van der Waals surface area contributed by atoms with Crippen LogP contribution in [0.25, 0.3) is 0 Å². The number of hydrogen-bond donors (Lipinski definition) is 1. The second-order valence-electron chi connectivity index (χ2n) is 6.61. The molecule has 1 unspecified atom stereocenters. The highest BCUT2D eigenvalue weighted by Gasteiger charge is 2.11. The lowest BCUT2D eigenvalue weighted by atomic mass is 10.1. The molecule has 0 aliphatic heterocycles. The van der Waals surface area contributed by atoms with Gasteiger partial charge < -0.3 is 14.6 Å². The molecule has 0 bridgehead atoms. The Morgan fingerprint density at radius 3 is 2.44 bits per heavy atom. The maximum atomic E-state index is 12.3. The van der Waals surface area contributed by atoms with Crippen molar-refractivity contribution in [3.63, 3.8) is 0 Å². The summed E-state index contributed by atoms with van der Waals surface area (Å²) < 4.78 is 10.9. The normalized spacial score (nSPS) is 11.8. The molecule has 1 atom stereocenters. The maximum Gasteiger partial charge on any atom is 0.224 e. The Morgan fingerprint density at radius 1 is 1.11 bits per heavy atom. The van der Waals surface area contributed by atoms with Crippen molar-refractivity contribution in [2.75, 3.05) is 0 Å². The molecule has 0 saturated carbocycles. The number of carbonyl (C=O) groups is 1. The van der Waals surface area contributed by atoms with Crippen molar-refractivity contribution in [2.24, 2.45) is 0 Å². The lowest BCUT2D eigenvalue weighted by Crippen LogP contribution is -2.28. The van der Waals surface area contributed by atoms with Crippen molar-refractivity contribution in [3.8, 4) is 5.75 Å². The van der Waals surface area contributed by atoms with Gasteiger partial charge in [0.15, 0.2) is 0 Å². The van der Waals surface area contributed by atoms with Gasteiger partial charge in [-0.2, -0.15) is 0 Å². The van der Waals surface area contributed by atoms with Gasteiger partial charge in [0, 0.05) is 0 Å².